The third kappa shape index (κ3) is 7.48. The van der Waals surface area contributed by atoms with Crippen LogP contribution in [0.25, 0.3) is 0 Å². The monoisotopic (exact) mass is 446 g/mol. The summed E-state index contributed by atoms with van der Waals surface area (Å²) in [5.41, 5.74) is 1.06. The minimum absolute atomic E-state index is 0. The van der Waals surface area contributed by atoms with Crippen molar-refractivity contribution < 1.29 is 56.8 Å². The third-order valence-corrected chi connectivity index (χ3v) is 6.09. The molecular formula is C20H23NaO6S2. The van der Waals surface area contributed by atoms with Gasteiger partial charge in [0, 0.05) is 36.0 Å². The van der Waals surface area contributed by atoms with Gasteiger partial charge in [-0.1, -0.05) is 42.5 Å². The second-order valence-electron chi connectivity index (χ2n) is 6.06. The smallest absolute Gasteiger partial charge is 0.748 e. The summed E-state index contributed by atoms with van der Waals surface area (Å²) >= 11 is 1.55. The van der Waals surface area contributed by atoms with Crippen LogP contribution < -0.4 is 29.6 Å². The van der Waals surface area contributed by atoms with Gasteiger partial charge < -0.3 is 14.0 Å². The van der Waals surface area contributed by atoms with Crippen LogP contribution >= 0.6 is 11.8 Å². The summed E-state index contributed by atoms with van der Waals surface area (Å²) in [5.74, 6) is -1.47. The summed E-state index contributed by atoms with van der Waals surface area (Å²) in [4.78, 5) is 14.0. The second-order valence-corrected chi connectivity index (χ2v) is 8.75. The molecule has 0 spiro atoms. The molecule has 152 valence electrons. The van der Waals surface area contributed by atoms with Gasteiger partial charge >= 0.3 is 29.6 Å². The van der Waals surface area contributed by atoms with Gasteiger partial charge in [-0.15, -0.1) is 11.8 Å². The van der Waals surface area contributed by atoms with Crippen LogP contribution in [0.15, 0.2) is 59.5 Å². The first-order valence-electron chi connectivity index (χ1n) is 8.69. The predicted octanol–water partition coefficient (Wildman–Crippen LogP) is 0.437. The van der Waals surface area contributed by atoms with Crippen molar-refractivity contribution in [3.63, 3.8) is 0 Å². The number of Topliss-reactive ketones (excluding diaryl/α,β-unsaturated/α-hetero) is 1. The number of carbonyl (C=O) groups is 1. The molecule has 0 fully saturated rings. The summed E-state index contributed by atoms with van der Waals surface area (Å²) in [5, 5.41) is 0. The molecule has 0 aliphatic rings. The van der Waals surface area contributed by atoms with Gasteiger partial charge in [0.25, 0.3) is 5.79 Å². The molecule has 6 nitrogen and oxygen atoms in total. The number of ether oxygens (including phenoxy) is 2. The largest absolute Gasteiger partial charge is 1.00 e. The molecule has 0 saturated carbocycles. The van der Waals surface area contributed by atoms with Crippen LogP contribution in [-0.2, 0) is 25.4 Å². The fraction of sp³-hybridized carbons (Fsp3) is 0.350. The van der Waals surface area contributed by atoms with E-state index in [1.165, 1.54) is 14.2 Å². The normalized spacial score (nSPS) is 11.7. The van der Waals surface area contributed by atoms with E-state index in [4.69, 9.17) is 9.47 Å². The molecule has 0 aliphatic heterocycles. The van der Waals surface area contributed by atoms with E-state index in [1.54, 1.807) is 48.2 Å². The quantitative estimate of drug-likeness (QED) is 0.123. The standard InChI is InChI=1S/C20H24O6S2.Na/c1-25-20(26-2,19(21)16-8-4-3-5-9-16)17-10-12-18(13-11-17)27-14-6-7-15-28(22,23)24;/h3-5,8-13H,6-7,14-15H2,1-2H3,(H,22,23,24);/q;+1/p-1. The van der Waals surface area contributed by atoms with Crippen LogP contribution in [0.2, 0.25) is 0 Å². The number of hydrogen-bond acceptors (Lipinski definition) is 7. The van der Waals surface area contributed by atoms with Crippen LogP contribution in [-0.4, -0.2) is 44.5 Å². The molecule has 0 atom stereocenters. The zero-order valence-corrected chi connectivity index (χ0v) is 20.4. The number of unbranched alkanes of at least 4 members (excludes halogenated alkanes) is 1. The maximum absolute atomic E-state index is 13.0. The van der Waals surface area contributed by atoms with E-state index in [0.29, 0.717) is 29.7 Å². The number of hydrogen-bond donors (Lipinski definition) is 0. The maximum atomic E-state index is 13.0. The van der Waals surface area contributed by atoms with Crippen molar-refractivity contribution in [3.8, 4) is 0 Å². The van der Waals surface area contributed by atoms with E-state index < -0.39 is 15.9 Å². The fourth-order valence-corrected chi connectivity index (χ4v) is 4.23. The zero-order valence-electron chi connectivity index (χ0n) is 16.8. The summed E-state index contributed by atoms with van der Waals surface area (Å²) in [6.07, 6.45) is 0.972. The average Bonchev–Trinajstić information content (AvgIpc) is 2.70. The molecule has 0 heterocycles. The van der Waals surface area contributed by atoms with Crippen LogP contribution in [0, 0.1) is 0 Å². The Balaban J connectivity index is 0.00000420. The van der Waals surface area contributed by atoms with Crippen molar-refractivity contribution >= 4 is 27.7 Å². The molecule has 0 aromatic heterocycles. The van der Waals surface area contributed by atoms with E-state index in [2.05, 4.69) is 0 Å². The number of methoxy groups -OCH3 is 2. The first-order chi connectivity index (χ1) is 13.3. The fourth-order valence-electron chi connectivity index (χ4n) is 2.76. The summed E-state index contributed by atoms with van der Waals surface area (Å²) in [7, 11) is -1.29. The van der Waals surface area contributed by atoms with Gasteiger partial charge in [-0.05, 0) is 30.7 Å². The second kappa shape index (κ2) is 12.2. The number of ketones is 1. The Morgan fingerprint density at radius 1 is 1.00 bits per heavy atom. The van der Waals surface area contributed by atoms with E-state index in [1.807, 2.05) is 18.2 Å². The Morgan fingerprint density at radius 2 is 1.59 bits per heavy atom. The first kappa shape index (κ1) is 26.3. The molecule has 0 aliphatic carbocycles. The SMILES string of the molecule is COC(OC)(C(=O)c1ccccc1)c1ccc(SCCCCS(=O)(=O)[O-])cc1.[Na+]. The molecule has 0 saturated heterocycles. The van der Waals surface area contributed by atoms with E-state index in [-0.39, 0.29) is 41.1 Å². The van der Waals surface area contributed by atoms with Gasteiger partial charge in [0.1, 0.15) is 0 Å². The van der Waals surface area contributed by atoms with Crippen molar-refractivity contribution in [3.05, 3.63) is 65.7 Å². The molecule has 29 heavy (non-hydrogen) atoms. The van der Waals surface area contributed by atoms with Gasteiger partial charge in [0.15, 0.2) is 0 Å². The topological polar surface area (TPSA) is 92.7 Å². The number of rotatable bonds is 11. The molecule has 9 heteroatoms. The molecule has 2 aromatic rings. The van der Waals surface area contributed by atoms with Gasteiger partial charge in [-0.3, -0.25) is 4.79 Å². The van der Waals surface area contributed by atoms with Crippen molar-refractivity contribution in [2.75, 3.05) is 25.7 Å². The van der Waals surface area contributed by atoms with Crippen molar-refractivity contribution in [2.45, 2.75) is 23.5 Å². The van der Waals surface area contributed by atoms with Crippen LogP contribution in [0.4, 0.5) is 0 Å². The van der Waals surface area contributed by atoms with Gasteiger partial charge in [-0.2, -0.15) is 0 Å². The van der Waals surface area contributed by atoms with Crippen molar-refractivity contribution in [1.29, 1.82) is 0 Å². The Bertz CT molecular complexity index is 866. The van der Waals surface area contributed by atoms with E-state index >= 15 is 0 Å². The predicted molar refractivity (Wildman–Crippen MR) is 107 cm³/mol. The molecule has 2 aromatic carbocycles. The van der Waals surface area contributed by atoms with Crippen LogP contribution in [0.1, 0.15) is 28.8 Å². The molecule has 2 rings (SSSR count). The Labute approximate surface area is 198 Å². The van der Waals surface area contributed by atoms with E-state index in [0.717, 1.165) is 4.90 Å². The van der Waals surface area contributed by atoms with Gasteiger partial charge in [0.2, 0.25) is 5.78 Å². The molecule has 0 radical (unpaired) electrons. The van der Waals surface area contributed by atoms with Crippen LogP contribution in [0.5, 0.6) is 0 Å². The molecule has 0 amide bonds. The first-order valence-corrected chi connectivity index (χ1v) is 11.3. The van der Waals surface area contributed by atoms with Gasteiger partial charge in [-0.25, -0.2) is 8.42 Å². The molecule has 0 unspecified atom stereocenters. The average molecular weight is 447 g/mol. The van der Waals surface area contributed by atoms with E-state index in [9.17, 15) is 17.8 Å². The minimum Gasteiger partial charge on any atom is -0.748 e. The summed E-state index contributed by atoms with van der Waals surface area (Å²) < 4.78 is 42.8. The maximum Gasteiger partial charge on any atom is 1.00 e. The third-order valence-electron chi connectivity index (χ3n) is 4.20. The van der Waals surface area contributed by atoms with Crippen molar-refractivity contribution in [1.82, 2.24) is 0 Å². The van der Waals surface area contributed by atoms with Crippen molar-refractivity contribution in [2.24, 2.45) is 0 Å². The minimum atomic E-state index is -4.15. The number of benzene rings is 2. The summed E-state index contributed by atoms with van der Waals surface area (Å²) in [6, 6.07) is 16.1. The van der Waals surface area contributed by atoms with Gasteiger partial charge in [0.05, 0.1) is 10.1 Å². The Morgan fingerprint density at radius 3 is 2.10 bits per heavy atom. The summed E-state index contributed by atoms with van der Waals surface area (Å²) in [6.45, 7) is 0. The number of thioether (sulfide) groups is 1. The van der Waals surface area contributed by atoms with Crippen LogP contribution in [0.3, 0.4) is 0 Å². The number of carbonyl (C=O) groups excluding carboxylic acids is 1. The molecule has 0 bridgehead atoms. The molecule has 0 N–H and O–H groups in total. The Hall–Kier alpha value is -0.710. The zero-order chi connectivity index (χ0) is 20.6. The molecular weight excluding hydrogens is 423 g/mol. The Kier molecular flexibility index (Phi) is 11.1.